The van der Waals surface area contributed by atoms with E-state index < -0.39 is 0 Å². The smallest absolute Gasteiger partial charge is 0.317 e. The van der Waals surface area contributed by atoms with Crippen molar-refractivity contribution in [2.75, 3.05) is 38.6 Å². The molecule has 7 nitrogen and oxygen atoms in total. The van der Waals surface area contributed by atoms with Crippen LogP contribution in [0.5, 0.6) is 5.75 Å². The summed E-state index contributed by atoms with van der Waals surface area (Å²) in [5, 5.41) is 8.82. The van der Waals surface area contributed by atoms with Gasteiger partial charge in [0, 0.05) is 37.9 Å². The van der Waals surface area contributed by atoms with E-state index in [1.807, 2.05) is 31.2 Å². The van der Waals surface area contributed by atoms with E-state index >= 15 is 0 Å². The van der Waals surface area contributed by atoms with E-state index in [1.54, 1.807) is 12.0 Å². The summed E-state index contributed by atoms with van der Waals surface area (Å²) in [4.78, 5) is 25.4. The van der Waals surface area contributed by atoms with Crippen molar-refractivity contribution in [1.29, 1.82) is 0 Å². The average Bonchev–Trinajstić information content (AvgIpc) is 2.98. The minimum absolute atomic E-state index is 0.0687. The van der Waals surface area contributed by atoms with Crippen molar-refractivity contribution in [1.82, 2.24) is 15.5 Å². The zero-order valence-electron chi connectivity index (χ0n) is 13.6. The quantitative estimate of drug-likeness (QED) is 0.668. The lowest BCUT2D eigenvalue weighted by Crippen LogP contribution is -2.43. The maximum Gasteiger partial charge on any atom is 0.317 e. The maximum atomic E-state index is 12.3. The summed E-state index contributed by atoms with van der Waals surface area (Å²) in [5.41, 5.74) is 0.838. The molecule has 1 aliphatic rings. The van der Waals surface area contributed by atoms with Gasteiger partial charge in [0.2, 0.25) is 5.91 Å². The molecule has 1 aromatic rings. The Labute approximate surface area is 136 Å². The molecule has 3 amide bonds. The number of rotatable bonds is 8. The molecule has 1 aromatic carbocycles. The highest BCUT2D eigenvalue weighted by molar-refractivity contribution is 5.84. The van der Waals surface area contributed by atoms with Gasteiger partial charge in [-0.25, -0.2) is 4.79 Å². The van der Waals surface area contributed by atoms with Crippen molar-refractivity contribution < 1.29 is 14.3 Å². The summed E-state index contributed by atoms with van der Waals surface area (Å²) in [5.74, 6) is 0.667. The monoisotopic (exact) mass is 320 g/mol. The SMILES string of the molecule is CC[C@H](Nc1cccc(OC)c1)C(=O)NCCN1CCNC1=O. The van der Waals surface area contributed by atoms with Gasteiger partial charge < -0.3 is 25.6 Å². The standard InChI is InChI=1S/C16H24N4O3/c1-3-14(19-12-5-4-6-13(11-12)23-2)15(21)17-7-9-20-10-8-18-16(20)22/h4-6,11,14,19H,3,7-10H2,1-2H3,(H,17,21)(H,18,22)/t14-/m0/s1. The van der Waals surface area contributed by atoms with E-state index in [9.17, 15) is 9.59 Å². The number of nitrogens with zero attached hydrogens (tertiary/aromatic N) is 1. The Kier molecular flexibility index (Phi) is 6.08. The van der Waals surface area contributed by atoms with Gasteiger partial charge in [0.25, 0.3) is 0 Å². The van der Waals surface area contributed by atoms with E-state index in [0.717, 1.165) is 11.4 Å². The lowest BCUT2D eigenvalue weighted by molar-refractivity contribution is -0.121. The minimum atomic E-state index is -0.325. The Morgan fingerprint density at radius 2 is 2.30 bits per heavy atom. The topological polar surface area (TPSA) is 82.7 Å². The molecular weight excluding hydrogens is 296 g/mol. The molecule has 0 bridgehead atoms. The zero-order valence-corrected chi connectivity index (χ0v) is 13.6. The number of hydrogen-bond donors (Lipinski definition) is 3. The number of anilines is 1. The lowest BCUT2D eigenvalue weighted by atomic mass is 10.2. The number of methoxy groups -OCH3 is 1. The molecule has 23 heavy (non-hydrogen) atoms. The number of carbonyl (C=O) groups excluding carboxylic acids is 2. The molecule has 1 saturated heterocycles. The molecule has 0 saturated carbocycles. The second-order valence-electron chi connectivity index (χ2n) is 5.35. The number of hydrogen-bond acceptors (Lipinski definition) is 4. The number of nitrogens with one attached hydrogen (secondary N) is 3. The maximum absolute atomic E-state index is 12.3. The summed E-state index contributed by atoms with van der Waals surface area (Å²) in [6, 6.07) is 7.08. The zero-order chi connectivity index (χ0) is 16.7. The van der Waals surface area contributed by atoms with Crippen LogP contribution in [0.4, 0.5) is 10.5 Å². The predicted octanol–water partition coefficient (Wildman–Crippen LogP) is 1.03. The number of amides is 3. The van der Waals surface area contributed by atoms with Crippen LogP contribution < -0.4 is 20.7 Å². The second kappa shape index (κ2) is 8.26. The number of urea groups is 1. The molecule has 0 aliphatic carbocycles. The van der Waals surface area contributed by atoms with Crippen LogP contribution in [0.15, 0.2) is 24.3 Å². The molecular formula is C16H24N4O3. The van der Waals surface area contributed by atoms with Crippen molar-refractivity contribution in [3.05, 3.63) is 24.3 Å². The molecule has 0 aromatic heterocycles. The fraction of sp³-hybridized carbons (Fsp3) is 0.500. The molecule has 7 heteroatoms. The van der Waals surface area contributed by atoms with Crippen LogP contribution in [0.1, 0.15) is 13.3 Å². The highest BCUT2D eigenvalue weighted by Gasteiger charge is 2.20. The van der Waals surface area contributed by atoms with Crippen LogP contribution in [0.2, 0.25) is 0 Å². The number of benzene rings is 1. The first-order chi connectivity index (χ1) is 11.1. The van der Waals surface area contributed by atoms with Crippen molar-refractivity contribution >= 4 is 17.6 Å². The van der Waals surface area contributed by atoms with Gasteiger partial charge in [0.05, 0.1) is 7.11 Å². The summed E-state index contributed by atoms with van der Waals surface area (Å²) in [6.45, 7) is 4.27. The third-order valence-electron chi connectivity index (χ3n) is 3.76. The second-order valence-corrected chi connectivity index (χ2v) is 5.35. The fourth-order valence-corrected chi connectivity index (χ4v) is 2.43. The Bertz CT molecular complexity index is 550. The summed E-state index contributed by atoms with van der Waals surface area (Å²) in [7, 11) is 1.61. The molecule has 1 atom stereocenters. The van der Waals surface area contributed by atoms with Gasteiger partial charge in [-0.2, -0.15) is 0 Å². The first-order valence-corrected chi connectivity index (χ1v) is 7.85. The van der Waals surface area contributed by atoms with Crippen molar-refractivity contribution in [3.63, 3.8) is 0 Å². The minimum Gasteiger partial charge on any atom is -0.497 e. The Hall–Kier alpha value is -2.44. The van der Waals surface area contributed by atoms with Gasteiger partial charge in [0.1, 0.15) is 11.8 Å². The normalized spacial score (nSPS) is 15.0. The van der Waals surface area contributed by atoms with Gasteiger partial charge in [-0.15, -0.1) is 0 Å². The van der Waals surface area contributed by atoms with Crippen molar-refractivity contribution in [2.24, 2.45) is 0 Å². The fourth-order valence-electron chi connectivity index (χ4n) is 2.43. The molecule has 2 rings (SSSR count). The van der Waals surface area contributed by atoms with Gasteiger partial charge in [-0.1, -0.05) is 13.0 Å². The van der Waals surface area contributed by atoms with Crippen molar-refractivity contribution in [2.45, 2.75) is 19.4 Å². The Balaban J connectivity index is 1.81. The molecule has 1 fully saturated rings. The van der Waals surface area contributed by atoms with E-state index in [1.165, 1.54) is 0 Å². The molecule has 0 unspecified atom stereocenters. The summed E-state index contributed by atoms with van der Waals surface area (Å²) < 4.78 is 5.18. The highest BCUT2D eigenvalue weighted by atomic mass is 16.5. The van der Waals surface area contributed by atoms with Gasteiger partial charge >= 0.3 is 6.03 Å². The van der Waals surface area contributed by atoms with E-state index in [-0.39, 0.29) is 18.0 Å². The molecule has 1 aliphatic heterocycles. The van der Waals surface area contributed by atoms with Crippen LogP contribution in [0, 0.1) is 0 Å². The van der Waals surface area contributed by atoms with E-state index in [4.69, 9.17) is 4.74 Å². The average molecular weight is 320 g/mol. The molecule has 3 N–H and O–H groups in total. The molecule has 0 spiro atoms. The predicted molar refractivity (Wildman–Crippen MR) is 88.7 cm³/mol. The number of ether oxygens (including phenoxy) is 1. The Morgan fingerprint density at radius 3 is 2.96 bits per heavy atom. The number of carbonyl (C=O) groups is 2. The Morgan fingerprint density at radius 1 is 1.48 bits per heavy atom. The third kappa shape index (κ3) is 4.77. The van der Waals surface area contributed by atoms with E-state index in [0.29, 0.717) is 32.6 Å². The van der Waals surface area contributed by atoms with Gasteiger partial charge in [0.15, 0.2) is 0 Å². The highest BCUT2D eigenvalue weighted by Crippen LogP contribution is 2.18. The van der Waals surface area contributed by atoms with Crippen LogP contribution in [0.25, 0.3) is 0 Å². The van der Waals surface area contributed by atoms with Crippen LogP contribution in [-0.4, -0.2) is 56.2 Å². The van der Waals surface area contributed by atoms with Crippen LogP contribution in [-0.2, 0) is 4.79 Å². The van der Waals surface area contributed by atoms with Crippen LogP contribution >= 0.6 is 0 Å². The van der Waals surface area contributed by atoms with Gasteiger partial charge in [-0.05, 0) is 18.6 Å². The van der Waals surface area contributed by atoms with Crippen molar-refractivity contribution in [3.8, 4) is 5.75 Å². The summed E-state index contributed by atoms with van der Waals surface area (Å²) >= 11 is 0. The first-order valence-electron chi connectivity index (χ1n) is 7.85. The van der Waals surface area contributed by atoms with Gasteiger partial charge in [-0.3, -0.25) is 4.79 Å². The molecule has 126 valence electrons. The van der Waals surface area contributed by atoms with Crippen LogP contribution in [0.3, 0.4) is 0 Å². The lowest BCUT2D eigenvalue weighted by Gasteiger charge is -2.20. The molecule has 1 heterocycles. The largest absolute Gasteiger partial charge is 0.497 e. The third-order valence-corrected chi connectivity index (χ3v) is 3.76. The molecule has 0 radical (unpaired) electrons. The first kappa shape index (κ1) is 16.9. The summed E-state index contributed by atoms with van der Waals surface area (Å²) in [6.07, 6.45) is 0.660. The van der Waals surface area contributed by atoms with E-state index in [2.05, 4.69) is 16.0 Å².